The number of hydrogen-bond acceptors (Lipinski definition) is 4. The highest BCUT2D eigenvalue weighted by molar-refractivity contribution is 7.71. The number of anilines is 1. The summed E-state index contributed by atoms with van der Waals surface area (Å²) >= 11 is 5.07. The molecule has 1 aromatic rings. The average molecular weight is 227 g/mol. The summed E-state index contributed by atoms with van der Waals surface area (Å²) in [7, 11) is 0. The summed E-state index contributed by atoms with van der Waals surface area (Å²) in [4.78, 5) is 13.0. The van der Waals surface area contributed by atoms with Crippen LogP contribution in [0, 0.1) is 21.5 Å². The van der Waals surface area contributed by atoms with Crippen molar-refractivity contribution in [3.63, 3.8) is 0 Å². The van der Waals surface area contributed by atoms with Gasteiger partial charge in [-0.15, -0.1) is 0 Å². The first kappa shape index (κ1) is 11.6. The van der Waals surface area contributed by atoms with E-state index in [1.54, 1.807) is 0 Å². The molecule has 0 aromatic carbocycles. The van der Waals surface area contributed by atoms with Crippen LogP contribution in [0.1, 0.15) is 24.6 Å². The van der Waals surface area contributed by atoms with Gasteiger partial charge < -0.3 is 10.7 Å². The molecule has 1 heterocycles. The Labute approximate surface area is 92.5 Å². The van der Waals surface area contributed by atoms with Crippen LogP contribution in [-0.4, -0.2) is 9.91 Å². The van der Waals surface area contributed by atoms with E-state index in [2.05, 4.69) is 4.98 Å². The molecule has 5 nitrogen and oxygen atoms in total. The quantitative estimate of drug-likeness (QED) is 0.472. The molecule has 0 amide bonds. The normalized spacial score (nSPS) is 10.3. The molecule has 15 heavy (non-hydrogen) atoms. The zero-order chi connectivity index (χ0) is 11.6. The van der Waals surface area contributed by atoms with Crippen molar-refractivity contribution in [3.8, 4) is 0 Å². The second-order valence-electron chi connectivity index (χ2n) is 3.33. The summed E-state index contributed by atoms with van der Waals surface area (Å²) in [6.45, 7) is 3.82. The van der Waals surface area contributed by atoms with E-state index in [0.717, 1.165) is 24.1 Å². The maximum absolute atomic E-state index is 10.7. The summed E-state index contributed by atoms with van der Waals surface area (Å²) in [6.07, 6.45) is 1.61. The highest BCUT2D eigenvalue weighted by atomic mass is 32.1. The van der Waals surface area contributed by atoms with Crippen LogP contribution >= 0.6 is 12.2 Å². The molecule has 0 spiro atoms. The number of nitro groups is 1. The zero-order valence-electron chi connectivity index (χ0n) is 8.66. The standard InChI is InChI=1S/C9H13N3O2S/c1-3-4-6-5(2)11-9(10)7(8(6)15)12(13)14/h3-4H2,1-2H3,(H3,10,11,15). The van der Waals surface area contributed by atoms with Gasteiger partial charge in [0.05, 0.1) is 4.92 Å². The molecule has 1 rings (SSSR count). The predicted octanol–water partition coefficient (Wildman–Crippen LogP) is 2.50. The molecule has 0 fully saturated rings. The molecule has 82 valence electrons. The second-order valence-corrected chi connectivity index (χ2v) is 3.74. The van der Waals surface area contributed by atoms with Crippen molar-refractivity contribution in [2.75, 3.05) is 5.73 Å². The maximum Gasteiger partial charge on any atom is 0.327 e. The molecule has 6 heteroatoms. The number of nitrogen functional groups attached to an aromatic ring is 1. The summed E-state index contributed by atoms with van der Waals surface area (Å²) in [6, 6.07) is 0. The molecule has 0 bridgehead atoms. The van der Waals surface area contributed by atoms with Crippen LogP contribution < -0.4 is 5.73 Å². The molecule has 0 atom stereocenters. The van der Waals surface area contributed by atoms with E-state index in [9.17, 15) is 10.1 Å². The molecular formula is C9H13N3O2S. The van der Waals surface area contributed by atoms with Gasteiger partial charge in [-0.25, -0.2) is 0 Å². The molecule has 1 aromatic heterocycles. The fraction of sp³-hybridized carbons (Fsp3) is 0.444. The first-order valence-electron chi connectivity index (χ1n) is 4.64. The monoisotopic (exact) mass is 227 g/mol. The molecule has 0 saturated carbocycles. The number of nitrogens with one attached hydrogen (secondary N) is 1. The van der Waals surface area contributed by atoms with Gasteiger partial charge in [0.1, 0.15) is 4.51 Å². The van der Waals surface area contributed by atoms with Gasteiger partial charge in [-0.05, 0) is 18.9 Å². The Bertz CT molecular complexity index is 453. The first-order chi connectivity index (χ1) is 6.99. The molecular weight excluding hydrogens is 214 g/mol. The van der Waals surface area contributed by atoms with Gasteiger partial charge in [0, 0.05) is 5.69 Å². The number of H-pyrrole nitrogens is 1. The first-order valence-corrected chi connectivity index (χ1v) is 5.05. The lowest BCUT2D eigenvalue weighted by atomic mass is 10.1. The predicted molar refractivity (Wildman–Crippen MR) is 61.4 cm³/mol. The number of nitrogens with zero attached hydrogens (tertiary/aromatic N) is 1. The fourth-order valence-electron chi connectivity index (χ4n) is 1.50. The zero-order valence-corrected chi connectivity index (χ0v) is 9.48. The third-order valence-electron chi connectivity index (χ3n) is 2.20. The number of aryl methyl sites for hydroxylation is 1. The van der Waals surface area contributed by atoms with Crippen LogP contribution in [0.25, 0.3) is 0 Å². The summed E-state index contributed by atoms with van der Waals surface area (Å²) < 4.78 is 0.260. The largest absolute Gasteiger partial charge is 0.379 e. The van der Waals surface area contributed by atoms with E-state index >= 15 is 0 Å². The minimum Gasteiger partial charge on any atom is -0.379 e. The Balaban J connectivity index is 3.49. The highest BCUT2D eigenvalue weighted by Crippen LogP contribution is 2.25. The maximum atomic E-state index is 10.7. The summed E-state index contributed by atoms with van der Waals surface area (Å²) in [5, 5.41) is 10.7. The van der Waals surface area contributed by atoms with Gasteiger partial charge in [-0.3, -0.25) is 10.1 Å². The molecule has 0 radical (unpaired) electrons. The molecule has 0 aliphatic heterocycles. The minimum absolute atomic E-state index is 0.0300. The van der Waals surface area contributed by atoms with Gasteiger partial charge in [-0.1, -0.05) is 25.6 Å². The van der Waals surface area contributed by atoms with E-state index in [1.165, 1.54) is 0 Å². The molecule has 0 saturated heterocycles. The average Bonchev–Trinajstić information content (AvgIpc) is 2.11. The van der Waals surface area contributed by atoms with E-state index in [-0.39, 0.29) is 16.0 Å². The van der Waals surface area contributed by atoms with E-state index in [0.29, 0.717) is 0 Å². The number of rotatable bonds is 3. The molecule has 0 unspecified atom stereocenters. The molecule has 3 N–H and O–H groups in total. The smallest absolute Gasteiger partial charge is 0.327 e. The van der Waals surface area contributed by atoms with Gasteiger partial charge in [0.25, 0.3) is 0 Å². The van der Waals surface area contributed by atoms with Crippen molar-refractivity contribution >= 4 is 23.7 Å². The summed E-state index contributed by atoms with van der Waals surface area (Å²) in [5.74, 6) is 0.0300. The van der Waals surface area contributed by atoms with Crippen LogP contribution in [0.2, 0.25) is 0 Å². The number of hydrogen-bond donors (Lipinski definition) is 2. The van der Waals surface area contributed by atoms with Crippen molar-refractivity contribution < 1.29 is 4.92 Å². The second kappa shape index (κ2) is 4.39. The van der Waals surface area contributed by atoms with Crippen molar-refractivity contribution in [3.05, 3.63) is 25.9 Å². The molecule has 0 aliphatic carbocycles. The Morgan fingerprint density at radius 1 is 1.60 bits per heavy atom. The lowest BCUT2D eigenvalue weighted by molar-refractivity contribution is -0.384. The van der Waals surface area contributed by atoms with Gasteiger partial charge in [-0.2, -0.15) is 0 Å². The Morgan fingerprint density at radius 2 is 2.20 bits per heavy atom. The van der Waals surface area contributed by atoms with Crippen molar-refractivity contribution in [1.82, 2.24) is 4.98 Å². The van der Waals surface area contributed by atoms with Crippen LogP contribution in [0.3, 0.4) is 0 Å². The fourth-order valence-corrected chi connectivity index (χ4v) is 1.94. The van der Waals surface area contributed by atoms with Gasteiger partial charge in [0.15, 0.2) is 5.82 Å². The Kier molecular flexibility index (Phi) is 3.41. The lowest BCUT2D eigenvalue weighted by Crippen LogP contribution is -2.04. The van der Waals surface area contributed by atoms with E-state index in [1.807, 2.05) is 13.8 Å². The van der Waals surface area contributed by atoms with Crippen LogP contribution in [0.5, 0.6) is 0 Å². The van der Waals surface area contributed by atoms with Crippen molar-refractivity contribution in [2.24, 2.45) is 0 Å². The van der Waals surface area contributed by atoms with Gasteiger partial charge in [0.2, 0.25) is 0 Å². The Hall–Kier alpha value is -1.43. The number of aromatic nitrogens is 1. The summed E-state index contributed by atoms with van der Waals surface area (Å²) in [5.41, 5.74) is 6.97. The van der Waals surface area contributed by atoms with Crippen LogP contribution in [0.4, 0.5) is 11.5 Å². The van der Waals surface area contributed by atoms with E-state index < -0.39 is 4.92 Å². The highest BCUT2D eigenvalue weighted by Gasteiger charge is 2.18. The third-order valence-corrected chi connectivity index (χ3v) is 2.64. The van der Waals surface area contributed by atoms with Crippen LogP contribution in [0.15, 0.2) is 0 Å². The SMILES string of the molecule is CCCc1c(C)[nH]c(N)c([N+](=O)[O-])c1=S. The van der Waals surface area contributed by atoms with Crippen LogP contribution in [-0.2, 0) is 6.42 Å². The third kappa shape index (κ3) is 2.15. The topological polar surface area (TPSA) is 85.0 Å². The number of nitrogens with two attached hydrogens (primary N) is 1. The number of pyridine rings is 1. The van der Waals surface area contributed by atoms with Crippen molar-refractivity contribution in [1.29, 1.82) is 0 Å². The molecule has 0 aliphatic rings. The number of aromatic amines is 1. The minimum atomic E-state index is -0.535. The van der Waals surface area contributed by atoms with E-state index in [4.69, 9.17) is 18.0 Å². The lowest BCUT2D eigenvalue weighted by Gasteiger charge is -2.07. The van der Waals surface area contributed by atoms with Crippen molar-refractivity contribution in [2.45, 2.75) is 26.7 Å². The Morgan fingerprint density at radius 3 is 2.67 bits per heavy atom. The van der Waals surface area contributed by atoms with Gasteiger partial charge >= 0.3 is 5.69 Å².